The van der Waals surface area contributed by atoms with Crippen LogP contribution in [0.15, 0.2) is 18.2 Å². The van der Waals surface area contributed by atoms with Gasteiger partial charge in [0.1, 0.15) is 0 Å². The molecule has 0 bridgehead atoms. The number of anilines is 2. The molecule has 0 spiro atoms. The highest BCUT2D eigenvalue weighted by Gasteiger charge is 2.26. The molecule has 3 heteroatoms. The molecule has 0 radical (unpaired) electrons. The number of nitrogens with two attached hydrogens (primary N) is 1. The van der Waals surface area contributed by atoms with Crippen LogP contribution >= 0.6 is 22.6 Å². The van der Waals surface area contributed by atoms with E-state index >= 15 is 0 Å². The van der Waals surface area contributed by atoms with E-state index in [-0.39, 0.29) is 0 Å². The van der Waals surface area contributed by atoms with Crippen LogP contribution in [0.2, 0.25) is 0 Å². The number of nitrogens with one attached hydrogen (secondary N) is 1. The molecule has 0 aromatic heterocycles. The first-order valence-corrected chi connectivity index (χ1v) is 7.46. The SMILES string of the molecule is CC1(CNc2ccc(N)cc2I)CCCCC1. The van der Waals surface area contributed by atoms with Crippen molar-refractivity contribution in [2.24, 2.45) is 5.41 Å². The number of hydrogen-bond donors (Lipinski definition) is 2. The van der Waals surface area contributed by atoms with Gasteiger partial charge in [0, 0.05) is 21.5 Å². The van der Waals surface area contributed by atoms with Crippen molar-refractivity contribution < 1.29 is 0 Å². The summed E-state index contributed by atoms with van der Waals surface area (Å²) in [5, 5.41) is 3.59. The van der Waals surface area contributed by atoms with E-state index in [1.165, 1.54) is 41.4 Å². The van der Waals surface area contributed by atoms with Crippen LogP contribution in [-0.2, 0) is 0 Å². The van der Waals surface area contributed by atoms with Crippen LogP contribution in [0.5, 0.6) is 0 Å². The third-order valence-corrected chi connectivity index (χ3v) is 4.65. The number of benzene rings is 1. The molecule has 1 aromatic rings. The van der Waals surface area contributed by atoms with Crippen LogP contribution in [-0.4, -0.2) is 6.54 Å². The lowest BCUT2D eigenvalue weighted by molar-refractivity contribution is 0.233. The smallest absolute Gasteiger partial charge is 0.0477 e. The van der Waals surface area contributed by atoms with Crippen LogP contribution in [0.25, 0.3) is 0 Å². The zero-order valence-corrected chi connectivity index (χ0v) is 12.6. The van der Waals surface area contributed by atoms with Crippen LogP contribution in [0, 0.1) is 8.99 Å². The molecule has 0 amide bonds. The summed E-state index contributed by atoms with van der Waals surface area (Å²) in [5.74, 6) is 0. The molecule has 1 aliphatic rings. The highest BCUT2D eigenvalue weighted by Crippen LogP contribution is 2.36. The lowest BCUT2D eigenvalue weighted by Gasteiger charge is -2.34. The summed E-state index contributed by atoms with van der Waals surface area (Å²) in [6, 6.07) is 6.07. The molecule has 1 aliphatic carbocycles. The van der Waals surface area contributed by atoms with E-state index in [1.807, 2.05) is 12.1 Å². The van der Waals surface area contributed by atoms with Gasteiger partial charge in [-0.2, -0.15) is 0 Å². The molecule has 2 nitrogen and oxygen atoms in total. The molecule has 0 saturated heterocycles. The second-order valence-electron chi connectivity index (χ2n) is 5.46. The molecule has 1 aromatic carbocycles. The third kappa shape index (κ3) is 3.50. The van der Waals surface area contributed by atoms with Gasteiger partial charge in [-0.15, -0.1) is 0 Å². The van der Waals surface area contributed by atoms with Crippen LogP contribution in [0.1, 0.15) is 39.0 Å². The number of nitrogen functional groups attached to an aromatic ring is 1. The summed E-state index contributed by atoms with van der Waals surface area (Å²) in [7, 11) is 0. The second-order valence-corrected chi connectivity index (χ2v) is 6.63. The molecule has 1 saturated carbocycles. The zero-order chi connectivity index (χ0) is 12.3. The maximum Gasteiger partial charge on any atom is 0.0477 e. The van der Waals surface area contributed by atoms with Crippen molar-refractivity contribution in [2.75, 3.05) is 17.6 Å². The molecule has 0 heterocycles. The van der Waals surface area contributed by atoms with Crippen LogP contribution < -0.4 is 11.1 Å². The minimum Gasteiger partial charge on any atom is -0.399 e. The predicted molar refractivity (Wildman–Crippen MR) is 83.3 cm³/mol. The Kier molecular flexibility index (Phi) is 4.17. The van der Waals surface area contributed by atoms with Gasteiger partial charge >= 0.3 is 0 Å². The van der Waals surface area contributed by atoms with Gasteiger partial charge in [0.05, 0.1) is 0 Å². The summed E-state index contributed by atoms with van der Waals surface area (Å²) in [6.07, 6.45) is 6.89. The van der Waals surface area contributed by atoms with E-state index in [0.29, 0.717) is 5.41 Å². The van der Waals surface area contributed by atoms with Crippen molar-refractivity contribution in [3.63, 3.8) is 0 Å². The van der Waals surface area contributed by atoms with Crippen LogP contribution in [0.4, 0.5) is 11.4 Å². The highest BCUT2D eigenvalue weighted by atomic mass is 127. The Hall–Kier alpha value is -0.450. The van der Waals surface area contributed by atoms with Gasteiger partial charge in [-0.1, -0.05) is 26.2 Å². The number of hydrogen-bond acceptors (Lipinski definition) is 2. The van der Waals surface area contributed by atoms with Crippen molar-refractivity contribution in [2.45, 2.75) is 39.0 Å². The van der Waals surface area contributed by atoms with Gasteiger partial charge < -0.3 is 11.1 Å². The predicted octanol–water partition coefficient (Wildman–Crippen LogP) is 4.26. The van der Waals surface area contributed by atoms with Crippen LogP contribution in [0.3, 0.4) is 0 Å². The molecule has 0 unspecified atom stereocenters. The van der Waals surface area contributed by atoms with E-state index in [0.717, 1.165) is 12.2 Å². The first kappa shape index (κ1) is 13.0. The fourth-order valence-electron chi connectivity index (χ4n) is 2.57. The maximum atomic E-state index is 5.76. The minimum absolute atomic E-state index is 0.475. The van der Waals surface area contributed by atoms with Crippen molar-refractivity contribution >= 4 is 34.0 Å². The molecule has 17 heavy (non-hydrogen) atoms. The molecular weight excluding hydrogens is 323 g/mol. The van der Waals surface area contributed by atoms with Gasteiger partial charge in [-0.3, -0.25) is 0 Å². The molecule has 0 aliphatic heterocycles. The number of rotatable bonds is 3. The van der Waals surface area contributed by atoms with Crippen molar-refractivity contribution in [3.8, 4) is 0 Å². The Morgan fingerprint density at radius 2 is 2.00 bits per heavy atom. The van der Waals surface area contributed by atoms with E-state index in [2.05, 4.69) is 40.9 Å². The molecule has 94 valence electrons. The van der Waals surface area contributed by atoms with E-state index in [1.54, 1.807) is 0 Å². The van der Waals surface area contributed by atoms with E-state index in [4.69, 9.17) is 5.73 Å². The average Bonchev–Trinajstić information content (AvgIpc) is 2.29. The summed E-state index contributed by atoms with van der Waals surface area (Å²) < 4.78 is 1.21. The third-order valence-electron chi connectivity index (χ3n) is 3.76. The Balaban J connectivity index is 1.97. The first-order valence-electron chi connectivity index (χ1n) is 6.38. The van der Waals surface area contributed by atoms with Crippen molar-refractivity contribution in [1.82, 2.24) is 0 Å². The maximum absolute atomic E-state index is 5.76. The second kappa shape index (κ2) is 5.46. The quantitative estimate of drug-likeness (QED) is 0.635. The summed E-state index contributed by atoms with van der Waals surface area (Å²) in [6.45, 7) is 3.48. The Morgan fingerprint density at radius 1 is 1.29 bits per heavy atom. The number of halogens is 1. The van der Waals surface area contributed by atoms with Crippen molar-refractivity contribution in [1.29, 1.82) is 0 Å². The lowest BCUT2D eigenvalue weighted by Crippen LogP contribution is -2.29. The van der Waals surface area contributed by atoms with E-state index < -0.39 is 0 Å². The molecule has 1 fully saturated rings. The molecule has 3 N–H and O–H groups in total. The van der Waals surface area contributed by atoms with Gasteiger partial charge in [-0.25, -0.2) is 0 Å². The zero-order valence-electron chi connectivity index (χ0n) is 10.4. The monoisotopic (exact) mass is 344 g/mol. The average molecular weight is 344 g/mol. The van der Waals surface area contributed by atoms with Gasteiger partial charge in [-0.05, 0) is 59.0 Å². The van der Waals surface area contributed by atoms with Gasteiger partial charge in [0.2, 0.25) is 0 Å². The standard InChI is InChI=1S/C14H21IN2/c1-14(7-3-2-4-8-14)10-17-13-6-5-11(16)9-12(13)15/h5-6,9,17H,2-4,7-8,10,16H2,1H3. The van der Waals surface area contributed by atoms with Gasteiger partial charge in [0.25, 0.3) is 0 Å². The Morgan fingerprint density at radius 3 is 2.65 bits per heavy atom. The van der Waals surface area contributed by atoms with E-state index in [9.17, 15) is 0 Å². The Bertz CT molecular complexity index is 384. The van der Waals surface area contributed by atoms with Gasteiger partial charge in [0.15, 0.2) is 0 Å². The minimum atomic E-state index is 0.475. The first-order chi connectivity index (χ1) is 8.09. The van der Waals surface area contributed by atoms with Crippen molar-refractivity contribution in [3.05, 3.63) is 21.8 Å². The summed E-state index contributed by atoms with van der Waals surface area (Å²) in [5.41, 5.74) is 8.29. The summed E-state index contributed by atoms with van der Waals surface area (Å²) >= 11 is 2.34. The fourth-order valence-corrected chi connectivity index (χ4v) is 3.30. The fraction of sp³-hybridized carbons (Fsp3) is 0.571. The normalized spacial score (nSPS) is 18.9. The summed E-state index contributed by atoms with van der Waals surface area (Å²) in [4.78, 5) is 0. The largest absolute Gasteiger partial charge is 0.399 e. The molecule has 0 atom stereocenters. The Labute approximate surface area is 117 Å². The lowest BCUT2D eigenvalue weighted by atomic mass is 9.76. The molecular formula is C14H21IN2. The topological polar surface area (TPSA) is 38.0 Å². The molecule has 2 rings (SSSR count). The highest BCUT2D eigenvalue weighted by molar-refractivity contribution is 14.1.